The zero-order valence-electron chi connectivity index (χ0n) is 63.7. The van der Waals surface area contributed by atoms with Gasteiger partial charge < -0.3 is 244 Å². The SMILES string of the molecule is CC(=O)N[C@H]1[C@H](O[C@H]2[C@@H](O)[C@@H](CO)O[C@@H](O[C@H]3[C@H](O[C@@H]4O[C@@H](C)[C@@H](O)[C@@H](O)[C@@H]4O)[C@@H](NC(C)=O)[C@H](OC[C@H]4O[C@@H](O[C@@H]([C@H](O)[C@@H](O)CO)[C@H](O)CO)[C@H](O)[C@@H](O[C@@H]5O[C@H](CO)[C@@H](O[C@@H]6O[C@@H](C)[C@@H](O)[C@@H](O)[C@@H]6O)[C@H](O[C@@H]6O[C@H](CO)[C@H](O)[C@H](O)[C@H]6O)[C@H]5NC(C)=O)[C@H]4O)O[C@@H]3CO)[C@@H]2O)O[C@H](CO)[C@@H](O[C@@H]2O[C@H](CO)[C@H](O)[C@H](O)[C@H]2O)[C@@H]1O. The summed E-state index contributed by atoms with van der Waals surface area (Å²) in [5.74, 6) is -2.99. The number of amides is 3. The molecule has 31 N–H and O–H groups in total. The summed E-state index contributed by atoms with van der Waals surface area (Å²) in [6.45, 7) is -5.36. The summed E-state index contributed by atoms with van der Waals surface area (Å²) in [4.78, 5) is 40.0. The molecule has 49 atom stereocenters. The second-order valence-electron chi connectivity index (χ2n) is 30.0. The van der Waals surface area contributed by atoms with Gasteiger partial charge in [0.05, 0.1) is 71.7 Å². The Labute approximate surface area is 669 Å². The number of hydrogen-bond donors (Lipinski definition) is 31. The number of carbonyl (C=O) groups is 3. The lowest BCUT2D eigenvalue weighted by Crippen LogP contribution is -2.71. The molecule has 0 unspecified atom stereocenters. The highest BCUT2D eigenvalue weighted by molar-refractivity contribution is 5.74. The molecular weight excluding hydrogens is 1620 g/mol. The van der Waals surface area contributed by atoms with Crippen LogP contribution in [-0.4, -0.2) is 521 Å². The predicted octanol–water partition coefficient (Wildman–Crippen LogP) is -20.7. The Morgan fingerprint density at radius 2 is 0.585 bits per heavy atom. The topological polar surface area (TPSA) is 820 Å². The van der Waals surface area contributed by atoms with E-state index in [-0.39, 0.29) is 0 Å². The Kier molecular flexibility index (Phi) is 36.0. The van der Waals surface area contributed by atoms with Crippen molar-refractivity contribution in [2.75, 3.05) is 59.5 Å². The van der Waals surface area contributed by atoms with E-state index in [4.69, 9.17) is 85.3 Å². The molecule has 0 radical (unpaired) electrons. The van der Waals surface area contributed by atoms with Gasteiger partial charge in [0.15, 0.2) is 56.6 Å². The van der Waals surface area contributed by atoms with E-state index in [0.29, 0.717) is 0 Å². The lowest BCUT2D eigenvalue weighted by Gasteiger charge is -2.52. The molecule has 9 heterocycles. The number of hydrogen-bond acceptors (Lipinski definition) is 49. The molecule has 52 nitrogen and oxygen atoms in total. The van der Waals surface area contributed by atoms with E-state index in [1.54, 1.807) is 0 Å². The molecule has 686 valence electrons. The summed E-state index contributed by atoms with van der Waals surface area (Å²) in [6, 6.07) is -6.00. The first-order chi connectivity index (χ1) is 55.7. The van der Waals surface area contributed by atoms with Crippen LogP contribution in [0.1, 0.15) is 34.6 Å². The minimum absolute atomic E-state index is 0.900. The third-order valence-corrected chi connectivity index (χ3v) is 21.6. The van der Waals surface area contributed by atoms with Crippen LogP contribution in [0.2, 0.25) is 0 Å². The van der Waals surface area contributed by atoms with Crippen LogP contribution in [0, 0.1) is 0 Å². The van der Waals surface area contributed by atoms with Crippen molar-refractivity contribution in [1.29, 1.82) is 0 Å². The Bertz CT molecular complexity index is 3080. The maximum atomic E-state index is 13.6. The Balaban J connectivity index is 1.07. The molecule has 118 heavy (non-hydrogen) atoms. The number of carbonyl (C=O) groups excluding carboxylic acids is 3. The number of aliphatic hydroxyl groups is 28. The highest BCUT2D eigenvalue weighted by atomic mass is 16.8. The summed E-state index contributed by atoms with van der Waals surface area (Å²) < 4.78 is 108. The summed E-state index contributed by atoms with van der Waals surface area (Å²) >= 11 is 0. The number of nitrogens with one attached hydrogen (secondary N) is 3. The molecular formula is C66H113N3O49. The van der Waals surface area contributed by atoms with Crippen LogP contribution in [0.4, 0.5) is 0 Å². The molecule has 0 spiro atoms. The van der Waals surface area contributed by atoms with Gasteiger partial charge in [0.1, 0.15) is 232 Å². The highest BCUT2D eigenvalue weighted by Gasteiger charge is 2.62. The fourth-order valence-electron chi connectivity index (χ4n) is 15.0. The van der Waals surface area contributed by atoms with Crippen LogP contribution < -0.4 is 16.0 Å². The monoisotopic (exact) mass is 1730 g/mol. The molecule has 0 aromatic rings. The van der Waals surface area contributed by atoms with E-state index in [2.05, 4.69) is 16.0 Å². The van der Waals surface area contributed by atoms with Crippen LogP contribution in [0.5, 0.6) is 0 Å². The molecule has 9 aliphatic heterocycles. The first-order valence-electron chi connectivity index (χ1n) is 37.8. The normalized spacial score (nSPS) is 48.2. The van der Waals surface area contributed by atoms with Crippen LogP contribution >= 0.6 is 0 Å². The number of ether oxygens (including phenoxy) is 18. The van der Waals surface area contributed by atoms with E-state index < -0.39 is 378 Å². The van der Waals surface area contributed by atoms with Crippen molar-refractivity contribution in [2.45, 2.75) is 335 Å². The molecule has 9 aliphatic rings. The van der Waals surface area contributed by atoms with Crippen LogP contribution in [-0.2, 0) is 99.6 Å². The fourth-order valence-corrected chi connectivity index (χ4v) is 15.0. The summed E-state index contributed by atoms with van der Waals surface area (Å²) in [5, 5.41) is 316. The maximum Gasteiger partial charge on any atom is 0.217 e. The van der Waals surface area contributed by atoms with E-state index in [0.717, 1.165) is 20.8 Å². The highest BCUT2D eigenvalue weighted by Crippen LogP contribution is 2.41. The van der Waals surface area contributed by atoms with Crippen molar-refractivity contribution in [3.8, 4) is 0 Å². The Hall–Kier alpha value is -3.43. The zero-order chi connectivity index (χ0) is 87.2. The van der Waals surface area contributed by atoms with Gasteiger partial charge in [-0.1, -0.05) is 0 Å². The molecule has 52 heteroatoms. The zero-order valence-corrected chi connectivity index (χ0v) is 63.7. The van der Waals surface area contributed by atoms with Gasteiger partial charge in [0.25, 0.3) is 0 Å². The molecule has 0 aliphatic carbocycles. The van der Waals surface area contributed by atoms with Crippen LogP contribution in [0.25, 0.3) is 0 Å². The van der Waals surface area contributed by atoms with Gasteiger partial charge in [-0.05, 0) is 13.8 Å². The number of aliphatic hydroxyl groups excluding tert-OH is 28. The average Bonchev–Trinajstić information content (AvgIpc) is 0.761. The van der Waals surface area contributed by atoms with Crippen molar-refractivity contribution in [2.24, 2.45) is 0 Å². The second-order valence-corrected chi connectivity index (χ2v) is 30.0. The van der Waals surface area contributed by atoms with Crippen molar-refractivity contribution < 1.29 is 243 Å². The summed E-state index contributed by atoms with van der Waals surface area (Å²) in [5.41, 5.74) is 0. The average molecular weight is 1730 g/mol. The van der Waals surface area contributed by atoms with Gasteiger partial charge >= 0.3 is 0 Å². The molecule has 0 saturated carbocycles. The van der Waals surface area contributed by atoms with Gasteiger partial charge in [0.2, 0.25) is 17.7 Å². The molecule has 9 saturated heterocycles. The van der Waals surface area contributed by atoms with E-state index in [1.807, 2.05) is 0 Å². The summed E-state index contributed by atoms with van der Waals surface area (Å²) in [7, 11) is 0. The van der Waals surface area contributed by atoms with Crippen molar-refractivity contribution in [3.05, 3.63) is 0 Å². The molecule has 3 amide bonds. The van der Waals surface area contributed by atoms with Gasteiger partial charge in [-0.3, -0.25) is 14.4 Å². The quantitative estimate of drug-likeness (QED) is 0.0290. The number of rotatable bonds is 33. The standard InChI is InChI=1S/C66H113N3O49/c1-15-32(83)40(91)44(95)61(102-15)113-53-27(13-77)109-60(31(69-19(5)80)55(53)116-64-47(98)43(94)36(87)23(9-73)105-64)118-57-38(89)28(110-66(49(57)100)111-50(21(82)7-71)34(85)20(81)6-70)14-101-58-30(68-18(4)79)54(115-62-45(96)41(92)33(84)16(2)103-62)52(26(12-76)107-58)114-65-48(99)56(37(88)24(10-74)106-65)117-59-29(67-17(3)78)39(90)51(25(11-75)108-59)112-63-46(97)42(93)35(86)22(8-72)104-63/h15-16,20-66,70-77,81-100H,6-14H2,1-5H3,(H,67,78)(H,68,79)(H,69,80)/t15-,16-,20-,21+,22+,23+,24+,25+,26+,27+,28+,29+,30+,31+,32+,33+,34+,35-,36-,37-,38-,39+,40+,41+,42-,43-,44-,45-,46+,47+,48+,49+,50+,51+,52+,53+,54+,55+,56-,57-,58+,59-,60-,61-,62-,63-,64-,65-,66-/m0/s1. The van der Waals surface area contributed by atoms with Crippen LogP contribution in [0.15, 0.2) is 0 Å². The minimum Gasteiger partial charge on any atom is -0.394 e. The van der Waals surface area contributed by atoms with Crippen molar-refractivity contribution in [3.63, 3.8) is 0 Å². The van der Waals surface area contributed by atoms with Gasteiger partial charge in [-0.2, -0.15) is 0 Å². The third kappa shape index (κ3) is 21.8. The Morgan fingerprint density at radius 3 is 0.992 bits per heavy atom. The molecule has 9 rings (SSSR count). The van der Waals surface area contributed by atoms with Crippen molar-refractivity contribution in [1.82, 2.24) is 16.0 Å². The van der Waals surface area contributed by atoms with Crippen LogP contribution in [0.3, 0.4) is 0 Å². The van der Waals surface area contributed by atoms with Gasteiger partial charge in [-0.25, -0.2) is 0 Å². The lowest BCUT2D eigenvalue weighted by atomic mass is 9.93. The first-order valence-corrected chi connectivity index (χ1v) is 37.8. The molecule has 0 bridgehead atoms. The van der Waals surface area contributed by atoms with Crippen molar-refractivity contribution >= 4 is 17.7 Å². The van der Waals surface area contributed by atoms with E-state index in [1.165, 1.54) is 13.8 Å². The van der Waals surface area contributed by atoms with Gasteiger partial charge in [0, 0.05) is 20.8 Å². The minimum atomic E-state index is -2.58. The molecule has 0 aromatic heterocycles. The molecule has 9 fully saturated rings. The smallest absolute Gasteiger partial charge is 0.217 e. The largest absolute Gasteiger partial charge is 0.394 e. The van der Waals surface area contributed by atoms with E-state index in [9.17, 15) is 157 Å². The predicted molar refractivity (Wildman–Crippen MR) is 364 cm³/mol. The first kappa shape index (κ1) is 98.4. The Morgan fingerprint density at radius 1 is 0.288 bits per heavy atom. The molecule has 0 aromatic carbocycles. The maximum absolute atomic E-state index is 13.6. The van der Waals surface area contributed by atoms with E-state index >= 15 is 0 Å². The summed E-state index contributed by atoms with van der Waals surface area (Å²) in [6.07, 6.45) is -96.3. The third-order valence-electron chi connectivity index (χ3n) is 21.6. The second kappa shape index (κ2) is 43.2. The van der Waals surface area contributed by atoms with Gasteiger partial charge in [-0.15, -0.1) is 0 Å². The lowest BCUT2D eigenvalue weighted by molar-refractivity contribution is -0.393. The fraction of sp³-hybridized carbons (Fsp3) is 0.955.